The van der Waals surface area contributed by atoms with E-state index in [1.54, 1.807) is 0 Å². The predicted octanol–water partition coefficient (Wildman–Crippen LogP) is 0.953. The highest BCUT2D eigenvalue weighted by Crippen LogP contribution is 2.21. The Hall–Kier alpha value is -1.01. The molecular weight excluding hydrogens is 240 g/mol. The maximum Gasteiger partial charge on any atom is 0.188 e. The fourth-order valence-corrected chi connectivity index (χ4v) is 2.86. The van der Waals surface area contributed by atoms with E-state index < -0.39 is 0 Å². The van der Waals surface area contributed by atoms with Gasteiger partial charge in [-0.2, -0.15) is 4.80 Å². The van der Waals surface area contributed by atoms with Crippen LogP contribution in [0.25, 0.3) is 0 Å². The first-order valence-corrected chi connectivity index (χ1v) is 7.41. The van der Waals surface area contributed by atoms with Gasteiger partial charge in [-0.15, -0.1) is 10.2 Å². The van der Waals surface area contributed by atoms with Gasteiger partial charge in [-0.05, 0) is 44.5 Å². The second-order valence-electron chi connectivity index (χ2n) is 5.47. The average Bonchev–Trinajstić information content (AvgIpc) is 2.82. The standard InChI is InChI=1S/C13H26N6/c1-4-8-14-11(2)12-7-5-6-9-19(12)10-13-15-17-18(3)16-13/h11-12,14H,4-10H2,1-3H3. The number of hydrogen-bond acceptors (Lipinski definition) is 5. The second-order valence-corrected chi connectivity index (χ2v) is 5.47. The van der Waals surface area contributed by atoms with Crippen LogP contribution < -0.4 is 5.32 Å². The maximum absolute atomic E-state index is 4.29. The first kappa shape index (κ1) is 14.4. The summed E-state index contributed by atoms with van der Waals surface area (Å²) in [7, 11) is 1.82. The molecule has 6 nitrogen and oxygen atoms in total. The molecule has 0 saturated carbocycles. The summed E-state index contributed by atoms with van der Waals surface area (Å²) >= 11 is 0. The average molecular weight is 266 g/mol. The minimum absolute atomic E-state index is 0.525. The van der Waals surface area contributed by atoms with E-state index in [2.05, 4.69) is 39.5 Å². The molecule has 0 bridgehead atoms. The van der Waals surface area contributed by atoms with E-state index in [4.69, 9.17) is 0 Å². The number of nitrogens with one attached hydrogen (secondary N) is 1. The monoisotopic (exact) mass is 266 g/mol. The molecule has 2 unspecified atom stereocenters. The summed E-state index contributed by atoms with van der Waals surface area (Å²) in [6, 6.07) is 1.11. The molecule has 1 N–H and O–H groups in total. The Balaban J connectivity index is 1.95. The van der Waals surface area contributed by atoms with E-state index in [0.717, 1.165) is 25.5 Å². The van der Waals surface area contributed by atoms with Crippen molar-refractivity contribution in [3.05, 3.63) is 5.82 Å². The van der Waals surface area contributed by atoms with E-state index in [9.17, 15) is 0 Å². The maximum atomic E-state index is 4.29. The van der Waals surface area contributed by atoms with Crippen LogP contribution in [-0.4, -0.2) is 50.3 Å². The van der Waals surface area contributed by atoms with Crippen molar-refractivity contribution in [1.29, 1.82) is 0 Å². The summed E-state index contributed by atoms with van der Waals surface area (Å²) in [5.74, 6) is 0.831. The number of nitrogens with zero attached hydrogens (tertiary/aromatic N) is 5. The molecule has 2 rings (SSSR count). The minimum Gasteiger partial charge on any atom is -0.313 e. The van der Waals surface area contributed by atoms with Gasteiger partial charge in [0.1, 0.15) is 0 Å². The highest BCUT2D eigenvalue weighted by Gasteiger charge is 2.27. The lowest BCUT2D eigenvalue weighted by Crippen LogP contribution is -2.50. The molecular formula is C13H26N6. The van der Waals surface area contributed by atoms with E-state index in [1.165, 1.54) is 30.5 Å². The molecule has 1 fully saturated rings. The zero-order valence-corrected chi connectivity index (χ0v) is 12.3. The van der Waals surface area contributed by atoms with Crippen LogP contribution in [-0.2, 0) is 13.6 Å². The fourth-order valence-electron chi connectivity index (χ4n) is 2.86. The van der Waals surface area contributed by atoms with Gasteiger partial charge in [0.25, 0.3) is 0 Å². The van der Waals surface area contributed by atoms with Crippen LogP contribution in [0.5, 0.6) is 0 Å². The molecule has 0 aromatic carbocycles. The van der Waals surface area contributed by atoms with Crippen LogP contribution in [0, 0.1) is 0 Å². The Morgan fingerprint density at radius 1 is 1.42 bits per heavy atom. The highest BCUT2D eigenvalue weighted by molar-refractivity contribution is 4.88. The molecule has 2 atom stereocenters. The van der Waals surface area contributed by atoms with Crippen molar-refractivity contribution in [2.45, 2.75) is 58.2 Å². The molecule has 108 valence electrons. The fraction of sp³-hybridized carbons (Fsp3) is 0.923. The van der Waals surface area contributed by atoms with Gasteiger partial charge < -0.3 is 5.32 Å². The molecule has 1 saturated heterocycles. The number of tetrazole rings is 1. The number of piperidine rings is 1. The molecule has 1 aromatic rings. The topological polar surface area (TPSA) is 58.9 Å². The molecule has 6 heteroatoms. The van der Waals surface area contributed by atoms with Crippen molar-refractivity contribution in [3.8, 4) is 0 Å². The molecule has 19 heavy (non-hydrogen) atoms. The lowest BCUT2D eigenvalue weighted by molar-refractivity contribution is 0.109. The van der Waals surface area contributed by atoms with E-state index in [-0.39, 0.29) is 0 Å². The van der Waals surface area contributed by atoms with E-state index >= 15 is 0 Å². The largest absolute Gasteiger partial charge is 0.313 e. The Morgan fingerprint density at radius 2 is 2.26 bits per heavy atom. The number of likely N-dealkylation sites (tertiary alicyclic amines) is 1. The van der Waals surface area contributed by atoms with Crippen LogP contribution >= 0.6 is 0 Å². The molecule has 0 spiro atoms. The van der Waals surface area contributed by atoms with Crippen molar-refractivity contribution >= 4 is 0 Å². The second kappa shape index (κ2) is 6.96. The SMILES string of the molecule is CCCNC(C)C1CCCCN1Cc1nnn(C)n1. The number of hydrogen-bond donors (Lipinski definition) is 1. The van der Waals surface area contributed by atoms with Gasteiger partial charge in [-0.25, -0.2) is 0 Å². The van der Waals surface area contributed by atoms with Gasteiger partial charge in [0.05, 0.1) is 13.6 Å². The minimum atomic E-state index is 0.525. The summed E-state index contributed by atoms with van der Waals surface area (Å²) < 4.78 is 0. The number of aromatic nitrogens is 4. The van der Waals surface area contributed by atoms with Gasteiger partial charge in [0, 0.05) is 12.1 Å². The van der Waals surface area contributed by atoms with E-state index in [1.807, 2.05) is 7.05 Å². The number of aryl methyl sites for hydroxylation is 1. The van der Waals surface area contributed by atoms with Crippen LogP contribution in [0.1, 0.15) is 45.4 Å². The summed E-state index contributed by atoms with van der Waals surface area (Å²) in [4.78, 5) is 4.04. The van der Waals surface area contributed by atoms with Gasteiger partial charge >= 0.3 is 0 Å². The Kier molecular flexibility index (Phi) is 5.27. The summed E-state index contributed by atoms with van der Waals surface area (Å²) in [6.45, 7) is 7.55. The van der Waals surface area contributed by atoms with Crippen molar-refractivity contribution in [2.24, 2.45) is 7.05 Å². The molecule has 1 aliphatic heterocycles. The van der Waals surface area contributed by atoms with Gasteiger partial charge in [0.2, 0.25) is 0 Å². The van der Waals surface area contributed by atoms with Crippen LogP contribution in [0.4, 0.5) is 0 Å². The molecule has 0 radical (unpaired) electrons. The lowest BCUT2D eigenvalue weighted by atomic mass is 9.96. The third-order valence-corrected chi connectivity index (χ3v) is 3.85. The highest BCUT2D eigenvalue weighted by atomic mass is 15.6. The van der Waals surface area contributed by atoms with Gasteiger partial charge in [-0.1, -0.05) is 13.3 Å². The van der Waals surface area contributed by atoms with Gasteiger partial charge in [-0.3, -0.25) is 4.90 Å². The molecule has 0 aliphatic carbocycles. The Labute approximate surface area is 115 Å². The van der Waals surface area contributed by atoms with Crippen molar-refractivity contribution in [2.75, 3.05) is 13.1 Å². The smallest absolute Gasteiger partial charge is 0.188 e. The van der Waals surface area contributed by atoms with Crippen LogP contribution in [0.3, 0.4) is 0 Å². The zero-order valence-electron chi connectivity index (χ0n) is 12.3. The first-order valence-electron chi connectivity index (χ1n) is 7.41. The lowest BCUT2D eigenvalue weighted by Gasteiger charge is -2.39. The molecule has 1 aromatic heterocycles. The van der Waals surface area contributed by atoms with Crippen molar-refractivity contribution in [3.63, 3.8) is 0 Å². The van der Waals surface area contributed by atoms with Crippen molar-refractivity contribution in [1.82, 2.24) is 30.4 Å². The molecule has 1 aliphatic rings. The van der Waals surface area contributed by atoms with Crippen LogP contribution in [0.15, 0.2) is 0 Å². The quantitative estimate of drug-likeness (QED) is 0.831. The van der Waals surface area contributed by atoms with Gasteiger partial charge in [0.15, 0.2) is 5.82 Å². The van der Waals surface area contributed by atoms with E-state index in [0.29, 0.717) is 12.1 Å². The summed E-state index contributed by atoms with van der Waals surface area (Å²) in [5.41, 5.74) is 0. The van der Waals surface area contributed by atoms with Crippen molar-refractivity contribution < 1.29 is 0 Å². The third-order valence-electron chi connectivity index (χ3n) is 3.85. The summed E-state index contributed by atoms with van der Waals surface area (Å²) in [5, 5.41) is 15.9. The number of rotatable bonds is 6. The normalized spacial score (nSPS) is 22.6. The third kappa shape index (κ3) is 3.98. The first-order chi connectivity index (χ1) is 9.20. The zero-order chi connectivity index (χ0) is 13.7. The Bertz CT molecular complexity index is 377. The summed E-state index contributed by atoms with van der Waals surface area (Å²) in [6.07, 6.45) is 5.05. The predicted molar refractivity (Wildman–Crippen MR) is 74.6 cm³/mol. The Morgan fingerprint density at radius 3 is 2.95 bits per heavy atom. The molecule has 2 heterocycles. The molecule has 0 amide bonds. The van der Waals surface area contributed by atoms with Crippen LogP contribution in [0.2, 0.25) is 0 Å².